The molecule has 1 amide bonds. The molecular weight excluding hydrogens is 334 g/mol. The van der Waals surface area contributed by atoms with E-state index in [4.69, 9.17) is 4.74 Å². The molecule has 0 bridgehead atoms. The number of amides is 1. The molecule has 27 heavy (non-hydrogen) atoms. The van der Waals surface area contributed by atoms with Gasteiger partial charge in [0, 0.05) is 17.7 Å². The summed E-state index contributed by atoms with van der Waals surface area (Å²) in [4.78, 5) is 12.5. The van der Waals surface area contributed by atoms with Gasteiger partial charge in [-0.2, -0.15) is 0 Å². The third-order valence-corrected chi connectivity index (χ3v) is 5.34. The van der Waals surface area contributed by atoms with Gasteiger partial charge in [-0.05, 0) is 55.9 Å². The Morgan fingerprint density at radius 1 is 1.11 bits per heavy atom. The van der Waals surface area contributed by atoms with Gasteiger partial charge in [0.2, 0.25) is 5.91 Å². The first kappa shape index (κ1) is 19.5. The van der Waals surface area contributed by atoms with Crippen molar-refractivity contribution in [3.8, 4) is 5.75 Å². The molecule has 3 heteroatoms. The number of benzene rings is 2. The fourth-order valence-corrected chi connectivity index (χ4v) is 4.00. The zero-order chi connectivity index (χ0) is 20.0. The second-order valence-corrected chi connectivity index (χ2v) is 9.43. The van der Waals surface area contributed by atoms with Gasteiger partial charge in [0.15, 0.2) is 0 Å². The number of fused-ring (bicyclic) bond motifs is 1. The molecule has 0 aliphatic carbocycles. The fraction of sp³-hybridized carbons (Fsp3) is 0.458. The summed E-state index contributed by atoms with van der Waals surface area (Å²) in [6.45, 7) is 14.6. The van der Waals surface area contributed by atoms with Crippen LogP contribution in [0.2, 0.25) is 0 Å². The number of rotatable bonds is 3. The predicted octanol–water partition coefficient (Wildman–Crippen LogP) is 5.98. The van der Waals surface area contributed by atoms with Crippen molar-refractivity contribution in [3.05, 3.63) is 58.7 Å². The van der Waals surface area contributed by atoms with E-state index in [9.17, 15) is 4.79 Å². The van der Waals surface area contributed by atoms with Gasteiger partial charge in [-0.3, -0.25) is 4.79 Å². The highest BCUT2D eigenvalue weighted by molar-refractivity contribution is 5.92. The van der Waals surface area contributed by atoms with Crippen LogP contribution < -0.4 is 10.1 Å². The highest BCUT2D eigenvalue weighted by Gasteiger charge is 2.43. The van der Waals surface area contributed by atoms with Gasteiger partial charge in [0.25, 0.3) is 0 Å². The summed E-state index contributed by atoms with van der Waals surface area (Å²) in [6, 6.07) is 12.6. The zero-order valence-corrected chi connectivity index (χ0v) is 17.6. The molecule has 1 heterocycles. The molecule has 3 nitrogen and oxygen atoms in total. The maximum absolute atomic E-state index is 12.5. The molecule has 0 fully saturated rings. The van der Waals surface area contributed by atoms with Crippen molar-refractivity contribution in [1.82, 2.24) is 0 Å². The van der Waals surface area contributed by atoms with Crippen LogP contribution in [0, 0.1) is 19.3 Å². The Bertz CT molecular complexity index is 860. The molecular formula is C24H31NO2. The predicted molar refractivity (Wildman–Crippen MR) is 112 cm³/mol. The first-order chi connectivity index (χ1) is 12.5. The van der Waals surface area contributed by atoms with Crippen molar-refractivity contribution in [1.29, 1.82) is 0 Å². The Morgan fingerprint density at radius 2 is 1.74 bits per heavy atom. The van der Waals surface area contributed by atoms with Gasteiger partial charge in [0.05, 0.1) is 5.92 Å². The second kappa shape index (κ2) is 6.70. The quantitative estimate of drug-likeness (QED) is 0.726. The van der Waals surface area contributed by atoms with Crippen molar-refractivity contribution < 1.29 is 9.53 Å². The SMILES string of the molecule is Cc1c(NC(=O)CC(C)(C)C)cc2c(c1C)OC(C)(C)C2c1ccccc1. The summed E-state index contributed by atoms with van der Waals surface area (Å²) in [5.74, 6) is 1.14. The van der Waals surface area contributed by atoms with Crippen LogP contribution in [0.3, 0.4) is 0 Å². The third kappa shape index (κ3) is 3.87. The average molecular weight is 366 g/mol. The van der Waals surface area contributed by atoms with Crippen molar-refractivity contribution >= 4 is 11.6 Å². The minimum Gasteiger partial charge on any atom is -0.486 e. The molecule has 1 aliphatic heterocycles. The van der Waals surface area contributed by atoms with E-state index in [0.29, 0.717) is 6.42 Å². The van der Waals surface area contributed by atoms with E-state index >= 15 is 0 Å². The Morgan fingerprint density at radius 3 is 2.33 bits per heavy atom. The maximum atomic E-state index is 12.5. The molecule has 0 saturated carbocycles. The van der Waals surface area contributed by atoms with Crippen LogP contribution in [0.25, 0.3) is 0 Å². The van der Waals surface area contributed by atoms with E-state index in [1.165, 1.54) is 5.56 Å². The Kier molecular flexibility index (Phi) is 4.83. The molecule has 0 aromatic heterocycles. The van der Waals surface area contributed by atoms with Gasteiger partial charge in [0.1, 0.15) is 11.4 Å². The van der Waals surface area contributed by atoms with Crippen molar-refractivity contribution in [2.45, 2.75) is 66.4 Å². The van der Waals surface area contributed by atoms with Crippen LogP contribution in [0.5, 0.6) is 5.75 Å². The first-order valence-corrected chi connectivity index (χ1v) is 9.67. The van der Waals surface area contributed by atoms with E-state index in [1.54, 1.807) is 0 Å². The highest BCUT2D eigenvalue weighted by Crippen LogP contribution is 2.51. The van der Waals surface area contributed by atoms with Crippen LogP contribution in [0.1, 0.15) is 69.2 Å². The minimum absolute atomic E-state index is 0.0402. The van der Waals surface area contributed by atoms with Crippen LogP contribution in [0.4, 0.5) is 5.69 Å². The molecule has 1 N–H and O–H groups in total. The molecule has 0 saturated heterocycles. The number of hydrogen-bond donors (Lipinski definition) is 1. The fourth-order valence-electron chi connectivity index (χ4n) is 4.00. The maximum Gasteiger partial charge on any atom is 0.224 e. The Hall–Kier alpha value is -2.29. The van der Waals surface area contributed by atoms with E-state index in [-0.39, 0.29) is 22.8 Å². The lowest BCUT2D eigenvalue weighted by Gasteiger charge is -2.26. The molecule has 3 rings (SSSR count). The number of carbonyl (C=O) groups is 1. The van der Waals surface area contributed by atoms with Crippen LogP contribution in [-0.4, -0.2) is 11.5 Å². The lowest BCUT2D eigenvalue weighted by atomic mass is 9.80. The molecule has 2 aromatic rings. The normalized spacial score (nSPS) is 18.0. The standard InChI is InChI=1S/C24H31NO2/c1-15-16(2)22-18(13-19(15)25-20(26)14-23(3,4)5)21(24(6,7)27-22)17-11-9-8-10-12-17/h8-13,21H,14H2,1-7H3,(H,25,26). The topological polar surface area (TPSA) is 38.3 Å². The molecule has 0 radical (unpaired) electrons. The lowest BCUT2D eigenvalue weighted by Crippen LogP contribution is -2.30. The van der Waals surface area contributed by atoms with E-state index in [2.05, 4.69) is 84.1 Å². The molecule has 1 aliphatic rings. The highest BCUT2D eigenvalue weighted by atomic mass is 16.5. The van der Waals surface area contributed by atoms with Crippen LogP contribution in [0.15, 0.2) is 36.4 Å². The summed E-state index contributed by atoms with van der Waals surface area (Å²) >= 11 is 0. The summed E-state index contributed by atoms with van der Waals surface area (Å²) in [7, 11) is 0. The van der Waals surface area contributed by atoms with Crippen LogP contribution >= 0.6 is 0 Å². The van der Waals surface area contributed by atoms with Gasteiger partial charge in [-0.15, -0.1) is 0 Å². The number of anilines is 1. The number of nitrogens with one attached hydrogen (secondary N) is 1. The number of ether oxygens (including phenoxy) is 1. The molecule has 2 aromatic carbocycles. The van der Waals surface area contributed by atoms with E-state index < -0.39 is 0 Å². The molecule has 1 unspecified atom stereocenters. The summed E-state index contributed by atoms with van der Waals surface area (Å²) < 4.78 is 6.40. The van der Waals surface area contributed by atoms with Crippen molar-refractivity contribution in [2.24, 2.45) is 5.41 Å². The van der Waals surface area contributed by atoms with Crippen LogP contribution in [-0.2, 0) is 4.79 Å². The number of hydrogen-bond acceptors (Lipinski definition) is 2. The average Bonchev–Trinajstić information content (AvgIpc) is 2.82. The minimum atomic E-state index is -0.338. The summed E-state index contributed by atoms with van der Waals surface area (Å²) in [5, 5.41) is 3.14. The summed E-state index contributed by atoms with van der Waals surface area (Å²) in [5.41, 5.74) is 5.07. The zero-order valence-electron chi connectivity index (χ0n) is 17.6. The van der Waals surface area contributed by atoms with Crippen molar-refractivity contribution in [2.75, 3.05) is 5.32 Å². The Balaban J connectivity index is 2.04. The van der Waals surface area contributed by atoms with E-state index in [0.717, 1.165) is 28.1 Å². The number of carbonyl (C=O) groups excluding carboxylic acids is 1. The van der Waals surface area contributed by atoms with Gasteiger partial charge < -0.3 is 10.1 Å². The smallest absolute Gasteiger partial charge is 0.224 e. The lowest BCUT2D eigenvalue weighted by molar-refractivity contribution is -0.117. The van der Waals surface area contributed by atoms with Gasteiger partial charge >= 0.3 is 0 Å². The first-order valence-electron chi connectivity index (χ1n) is 9.67. The molecule has 1 atom stereocenters. The largest absolute Gasteiger partial charge is 0.486 e. The van der Waals surface area contributed by atoms with Gasteiger partial charge in [-0.25, -0.2) is 0 Å². The third-order valence-electron chi connectivity index (χ3n) is 5.34. The summed E-state index contributed by atoms with van der Waals surface area (Å²) in [6.07, 6.45) is 0.493. The van der Waals surface area contributed by atoms with E-state index in [1.807, 2.05) is 6.07 Å². The molecule has 0 spiro atoms. The monoisotopic (exact) mass is 365 g/mol. The van der Waals surface area contributed by atoms with Gasteiger partial charge in [-0.1, -0.05) is 51.1 Å². The second-order valence-electron chi connectivity index (χ2n) is 9.43. The molecule has 144 valence electrons. The van der Waals surface area contributed by atoms with Crippen molar-refractivity contribution in [3.63, 3.8) is 0 Å². The Labute approximate surface area is 163 Å².